The van der Waals surface area contributed by atoms with Gasteiger partial charge in [0.05, 0.1) is 12.7 Å². The molecule has 0 amide bonds. The molecule has 1 N–H and O–H groups in total. The van der Waals surface area contributed by atoms with Gasteiger partial charge in [0.2, 0.25) is 0 Å². The number of rotatable bonds is 2. The fourth-order valence-electron chi connectivity index (χ4n) is 1.13. The number of aromatic amines is 1. The standard InChI is InChI=1S/C7H8N4S2/c12-2-1-11-4-10-6-5(7(11)13)8-3-9-6/h3-4,12H,1-2H2,(H,8,9). The van der Waals surface area contributed by atoms with Crippen LogP contribution in [-0.2, 0) is 6.54 Å². The minimum Gasteiger partial charge on any atom is -0.341 e. The lowest BCUT2D eigenvalue weighted by atomic mass is 10.5. The lowest BCUT2D eigenvalue weighted by Gasteiger charge is -2.02. The second kappa shape index (κ2) is 3.47. The van der Waals surface area contributed by atoms with Gasteiger partial charge in [-0.05, 0) is 0 Å². The second-order valence-corrected chi connectivity index (χ2v) is 3.40. The summed E-state index contributed by atoms with van der Waals surface area (Å²) in [4.78, 5) is 11.1. The third-order valence-corrected chi connectivity index (χ3v) is 2.39. The van der Waals surface area contributed by atoms with E-state index in [0.717, 1.165) is 22.5 Å². The molecule has 0 aromatic carbocycles. The van der Waals surface area contributed by atoms with Gasteiger partial charge in [-0.25, -0.2) is 9.97 Å². The summed E-state index contributed by atoms with van der Waals surface area (Å²) in [7, 11) is 0. The Morgan fingerprint density at radius 2 is 2.38 bits per heavy atom. The van der Waals surface area contributed by atoms with Crippen LogP contribution in [0.2, 0.25) is 0 Å². The van der Waals surface area contributed by atoms with Crippen molar-refractivity contribution in [2.45, 2.75) is 6.54 Å². The maximum absolute atomic E-state index is 5.23. The van der Waals surface area contributed by atoms with E-state index in [1.54, 1.807) is 12.7 Å². The third kappa shape index (κ3) is 1.47. The maximum Gasteiger partial charge on any atom is 0.181 e. The summed E-state index contributed by atoms with van der Waals surface area (Å²) in [6.07, 6.45) is 3.29. The average molecular weight is 212 g/mol. The Kier molecular flexibility index (Phi) is 2.32. The van der Waals surface area contributed by atoms with E-state index in [9.17, 15) is 0 Å². The number of nitrogens with zero attached hydrogens (tertiary/aromatic N) is 3. The first kappa shape index (κ1) is 8.71. The highest BCUT2D eigenvalue weighted by Gasteiger charge is 2.01. The van der Waals surface area contributed by atoms with Crippen LogP contribution >= 0.6 is 24.8 Å². The van der Waals surface area contributed by atoms with Crippen molar-refractivity contribution in [3.05, 3.63) is 17.3 Å². The number of nitrogens with one attached hydrogen (secondary N) is 1. The zero-order valence-electron chi connectivity index (χ0n) is 6.77. The lowest BCUT2D eigenvalue weighted by molar-refractivity contribution is 0.741. The zero-order chi connectivity index (χ0) is 9.26. The van der Waals surface area contributed by atoms with Crippen molar-refractivity contribution >= 4 is 36.0 Å². The molecular weight excluding hydrogens is 204 g/mol. The first-order chi connectivity index (χ1) is 6.33. The molecule has 0 saturated carbocycles. The number of hydrogen-bond donors (Lipinski definition) is 2. The lowest BCUT2D eigenvalue weighted by Crippen LogP contribution is -2.02. The monoisotopic (exact) mass is 212 g/mol. The van der Waals surface area contributed by atoms with Crippen LogP contribution in [0.25, 0.3) is 11.2 Å². The van der Waals surface area contributed by atoms with Gasteiger partial charge >= 0.3 is 0 Å². The third-order valence-electron chi connectivity index (χ3n) is 1.75. The molecule has 6 heteroatoms. The predicted molar refractivity (Wildman–Crippen MR) is 56.6 cm³/mol. The molecule has 2 rings (SSSR count). The van der Waals surface area contributed by atoms with Gasteiger partial charge in [-0.2, -0.15) is 12.6 Å². The summed E-state index contributed by atoms with van der Waals surface area (Å²) in [6.45, 7) is 0.768. The number of thiol groups is 1. The summed E-state index contributed by atoms with van der Waals surface area (Å²) < 4.78 is 2.61. The van der Waals surface area contributed by atoms with E-state index in [1.165, 1.54) is 0 Å². The van der Waals surface area contributed by atoms with Crippen molar-refractivity contribution in [2.24, 2.45) is 0 Å². The van der Waals surface area contributed by atoms with Crippen LogP contribution in [0.3, 0.4) is 0 Å². The summed E-state index contributed by atoms with van der Waals surface area (Å²) >= 11 is 9.37. The van der Waals surface area contributed by atoms with Gasteiger partial charge in [-0.1, -0.05) is 12.2 Å². The van der Waals surface area contributed by atoms with Crippen molar-refractivity contribution < 1.29 is 0 Å². The van der Waals surface area contributed by atoms with Crippen LogP contribution in [0.1, 0.15) is 0 Å². The van der Waals surface area contributed by atoms with Crippen molar-refractivity contribution in [2.75, 3.05) is 5.75 Å². The molecule has 0 aliphatic carbocycles. The molecule has 0 saturated heterocycles. The van der Waals surface area contributed by atoms with Crippen molar-refractivity contribution in [1.82, 2.24) is 19.5 Å². The van der Waals surface area contributed by atoms with Crippen LogP contribution in [-0.4, -0.2) is 25.3 Å². The van der Waals surface area contributed by atoms with Crippen LogP contribution in [0.5, 0.6) is 0 Å². The molecule has 0 radical (unpaired) electrons. The van der Waals surface area contributed by atoms with Gasteiger partial charge in [-0.15, -0.1) is 0 Å². The topological polar surface area (TPSA) is 46.5 Å². The molecule has 0 aliphatic heterocycles. The van der Waals surface area contributed by atoms with Crippen molar-refractivity contribution in [3.8, 4) is 0 Å². The highest BCUT2D eigenvalue weighted by molar-refractivity contribution is 7.80. The fourth-order valence-corrected chi connectivity index (χ4v) is 1.63. The molecule has 0 fully saturated rings. The van der Waals surface area contributed by atoms with E-state index in [2.05, 4.69) is 27.6 Å². The van der Waals surface area contributed by atoms with Gasteiger partial charge in [0.25, 0.3) is 0 Å². The largest absolute Gasteiger partial charge is 0.341 e. The first-order valence-corrected chi connectivity index (χ1v) is 4.86. The molecule has 0 unspecified atom stereocenters. The van der Waals surface area contributed by atoms with E-state index in [4.69, 9.17) is 12.2 Å². The highest BCUT2D eigenvalue weighted by Crippen LogP contribution is 2.07. The molecule has 2 aromatic rings. The summed E-state index contributed by atoms with van der Waals surface area (Å²) in [6, 6.07) is 0. The normalized spacial score (nSPS) is 10.8. The van der Waals surface area contributed by atoms with Gasteiger partial charge in [0.1, 0.15) is 10.2 Å². The Hall–Kier alpha value is -0.880. The molecule has 0 atom stereocenters. The number of imidazole rings is 1. The minimum absolute atomic E-state index is 0.667. The number of aromatic nitrogens is 4. The van der Waals surface area contributed by atoms with E-state index in [1.807, 2.05) is 4.57 Å². The van der Waals surface area contributed by atoms with Crippen LogP contribution in [0.4, 0.5) is 0 Å². The van der Waals surface area contributed by atoms with E-state index >= 15 is 0 Å². The molecule has 4 nitrogen and oxygen atoms in total. The summed E-state index contributed by atoms with van der Waals surface area (Å²) in [5.74, 6) is 0.746. The Bertz CT molecular complexity index is 473. The van der Waals surface area contributed by atoms with Crippen LogP contribution in [0, 0.1) is 4.64 Å². The van der Waals surface area contributed by atoms with Crippen molar-refractivity contribution in [1.29, 1.82) is 0 Å². The zero-order valence-corrected chi connectivity index (χ0v) is 8.48. The second-order valence-electron chi connectivity index (χ2n) is 2.57. The summed E-state index contributed by atoms with van der Waals surface area (Å²) in [5, 5.41) is 0. The molecule has 2 aromatic heterocycles. The van der Waals surface area contributed by atoms with Crippen LogP contribution in [0.15, 0.2) is 12.7 Å². The fraction of sp³-hybridized carbons (Fsp3) is 0.286. The Morgan fingerprint density at radius 1 is 1.54 bits per heavy atom. The van der Waals surface area contributed by atoms with E-state index in [-0.39, 0.29) is 0 Å². The number of aryl methyl sites for hydroxylation is 1. The molecule has 0 bridgehead atoms. The molecule has 13 heavy (non-hydrogen) atoms. The number of H-pyrrole nitrogens is 1. The number of fused-ring (bicyclic) bond motifs is 1. The summed E-state index contributed by atoms with van der Waals surface area (Å²) in [5.41, 5.74) is 1.49. The van der Waals surface area contributed by atoms with Gasteiger partial charge in [-0.3, -0.25) is 0 Å². The van der Waals surface area contributed by atoms with Gasteiger partial charge in [0.15, 0.2) is 5.65 Å². The highest BCUT2D eigenvalue weighted by atomic mass is 32.1. The molecule has 68 valence electrons. The minimum atomic E-state index is 0.667. The van der Waals surface area contributed by atoms with Gasteiger partial charge < -0.3 is 9.55 Å². The molecule has 0 aliphatic rings. The molecular formula is C7H8N4S2. The number of hydrogen-bond acceptors (Lipinski definition) is 4. The Balaban J connectivity index is 2.67. The Morgan fingerprint density at radius 3 is 3.15 bits per heavy atom. The molecule has 2 heterocycles. The molecule has 0 spiro atoms. The predicted octanol–water partition coefficient (Wildman–Crippen LogP) is 1.42. The SMILES string of the molecule is S=c1c2[nH]cnc2ncn1CCS. The maximum atomic E-state index is 5.23. The Labute approximate surface area is 85.4 Å². The van der Waals surface area contributed by atoms with E-state index in [0.29, 0.717) is 5.65 Å². The van der Waals surface area contributed by atoms with Crippen LogP contribution < -0.4 is 0 Å². The smallest absolute Gasteiger partial charge is 0.181 e. The quantitative estimate of drug-likeness (QED) is 0.584. The average Bonchev–Trinajstić information content (AvgIpc) is 2.58. The van der Waals surface area contributed by atoms with Gasteiger partial charge in [0, 0.05) is 12.3 Å². The van der Waals surface area contributed by atoms with E-state index < -0.39 is 0 Å². The first-order valence-electron chi connectivity index (χ1n) is 3.82. The van der Waals surface area contributed by atoms with Crippen molar-refractivity contribution in [3.63, 3.8) is 0 Å².